The van der Waals surface area contributed by atoms with Gasteiger partial charge in [0.1, 0.15) is 0 Å². The Kier molecular flexibility index (Phi) is 4.71. The number of carboxylic acids is 1. The molecule has 0 bridgehead atoms. The summed E-state index contributed by atoms with van der Waals surface area (Å²) in [5.41, 5.74) is 5.10. The van der Waals surface area contributed by atoms with Crippen LogP contribution >= 0.6 is 0 Å². The van der Waals surface area contributed by atoms with Crippen LogP contribution in [-0.2, 0) is 4.79 Å². The van der Waals surface area contributed by atoms with Crippen molar-refractivity contribution in [2.24, 2.45) is 5.73 Å². The Labute approximate surface area is 63.8 Å². The number of aliphatic carboxylic acids is 1. The summed E-state index contributed by atoms with van der Waals surface area (Å²) < 4.78 is 0. The van der Waals surface area contributed by atoms with Gasteiger partial charge in [0.15, 0.2) is 6.04 Å². The third kappa shape index (κ3) is 3.89. The third-order valence-corrected chi connectivity index (χ3v) is 1.25. The molecule has 6 heteroatoms. The average molecular weight is 164 g/mol. The molecule has 5 N–H and O–H groups in total. The van der Waals surface area contributed by atoms with Crippen molar-refractivity contribution in [2.75, 3.05) is 6.54 Å². The predicted molar refractivity (Wildman–Crippen MR) is 35.1 cm³/mol. The Hall–Kier alpha value is -0.690. The number of carboxylic acid groups (broad SMARTS) is 1. The normalized spacial score (nSPS) is 13.5. The molecule has 0 aliphatic heterocycles. The summed E-state index contributed by atoms with van der Waals surface area (Å²) in [5.74, 6) is -1.27. The van der Waals surface area contributed by atoms with Crippen LogP contribution in [0.1, 0.15) is 12.8 Å². The summed E-state index contributed by atoms with van der Waals surface area (Å²) in [6.07, 6.45) is 0.563. The van der Waals surface area contributed by atoms with Crippen LogP contribution in [0.15, 0.2) is 0 Å². The van der Waals surface area contributed by atoms with Crippen molar-refractivity contribution < 1.29 is 20.3 Å². The van der Waals surface area contributed by atoms with Crippen molar-refractivity contribution >= 4 is 5.97 Å². The first kappa shape index (κ1) is 10.3. The van der Waals surface area contributed by atoms with E-state index in [1.54, 1.807) is 0 Å². The molecule has 0 heterocycles. The molecule has 66 valence electrons. The zero-order chi connectivity index (χ0) is 8.85. The number of nitrogens with two attached hydrogens (primary N) is 1. The molecule has 0 aliphatic rings. The molecule has 0 spiro atoms. The number of carbonyl (C=O) groups is 1. The van der Waals surface area contributed by atoms with Gasteiger partial charge in [-0.2, -0.15) is 0 Å². The second-order valence-electron chi connectivity index (χ2n) is 2.11. The number of rotatable bonds is 5. The molecule has 0 aliphatic carbocycles. The highest BCUT2D eigenvalue weighted by Gasteiger charge is 2.22. The average Bonchev–Trinajstić information content (AvgIpc) is 1.87. The van der Waals surface area contributed by atoms with Crippen molar-refractivity contribution in [2.45, 2.75) is 18.9 Å². The van der Waals surface area contributed by atoms with Crippen LogP contribution in [0.2, 0.25) is 0 Å². The molecule has 11 heavy (non-hydrogen) atoms. The first-order chi connectivity index (χ1) is 5.09. The fraction of sp³-hybridized carbons (Fsp3) is 0.800. The lowest BCUT2D eigenvalue weighted by atomic mass is 10.2. The fourth-order valence-electron chi connectivity index (χ4n) is 0.649. The molecule has 0 amide bonds. The summed E-state index contributed by atoms with van der Waals surface area (Å²) >= 11 is 0. The topological polar surface area (TPSA) is 107 Å². The van der Waals surface area contributed by atoms with Gasteiger partial charge in [-0.1, -0.05) is 5.23 Å². The van der Waals surface area contributed by atoms with Gasteiger partial charge in [-0.15, -0.1) is 0 Å². The van der Waals surface area contributed by atoms with Gasteiger partial charge in [0.25, 0.3) is 0 Å². The highest BCUT2D eigenvalue weighted by molar-refractivity contribution is 5.72. The van der Waals surface area contributed by atoms with E-state index in [4.69, 9.17) is 21.3 Å². The molecular weight excluding hydrogens is 152 g/mol. The molecule has 0 fully saturated rings. The van der Waals surface area contributed by atoms with E-state index in [1.165, 1.54) is 0 Å². The minimum Gasteiger partial charge on any atom is -0.480 e. The van der Waals surface area contributed by atoms with Crippen molar-refractivity contribution in [3.05, 3.63) is 0 Å². The Morgan fingerprint density at radius 3 is 2.36 bits per heavy atom. The minimum atomic E-state index is -1.28. The van der Waals surface area contributed by atoms with E-state index < -0.39 is 12.0 Å². The van der Waals surface area contributed by atoms with Gasteiger partial charge in [0.05, 0.1) is 0 Å². The molecule has 0 saturated heterocycles. The van der Waals surface area contributed by atoms with E-state index >= 15 is 0 Å². The third-order valence-electron chi connectivity index (χ3n) is 1.25. The van der Waals surface area contributed by atoms with Crippen LogP contribution in [0.3, 0.4) is 0 Å². The van der Waals surface area contributed by atoms with Gasteiger partial charge in [-0.05, 0) is 19.4 Å². The highest BCUT2D eigenvalue weighted by Crippen LogP contribution is 2.01. The van der Waals surface area contributed by atoms with Crippen LogP contribution in [0.4, 0.5) is 0 Å². The Bertz CT molecular complexity index is 128. The van der Waals surface area contributed by atoms with E-state index in [2.05, 4.69) is 0 Å². The first-order valence-corrected chi connectivity index (χ1v) is 3.19. The van der Waals surface area contributed by atoms with E-state index in [1.807, 2.05) is 0 Å². The van der Waals surface area contributed by atoms with E-state index in [9.17, 15) is 4.79 Å². The Morgan fingerprint density at radius 1 is 1.55 bits per heavy atom. The Morgan fingerprint density at radius 2 is 2.09 bits per heavy atom. The summed E-state index contributed by atoms with van der Waals surface area (Å²) in [4.78, 5) is 10.2. The van der Waals surface area contributed by atoms with Crippen molar-refractivity contribution in [3.8, 4) is 0 Å². The maximum absolute atomic E-state index is 10.2. The molecule has 0 radical (unpaired) electrons. The minimum absolute atomic E-state index is 0.124. The van der Waals surface area contributed by atoms with Crippen molar-refractivity contribution in [1.82, 2.24) is 5.23 Å². The Balaban J connectivity index is 3.80. The molecule has 0 aromatic heterocycles. The molecule has 1 atom stereocenters. The molecule has 0 rings (SSSR count). The lowest BCUT2D eigenvalue weighted by Gasteiger charge is -2.14. The number of hydrogen-bond donors (Lipinski definition) is 4. The van der Waals surface area contributed by atoms with Gasteiger partial charge in [-0.3, -0.25) is 15.2 Å². The van der Waals surface area contributed by atoms with Crippen LogP contribution in [0, 0.1) is 0 Å². The highest BCUT2D eigenvalue weighted by atomic mass is 16.8. The zero-order valence-corrected chi connectivity index (χ0v) is 5.97. The van der Waals surface area contributed by atoms with E-state index in [-0.39, 0.29) is 11.6 Å². The molecule has 0 aromatic carbocycles. The number of hydrogen-bond acceptors (Lipinski definition) is 5. The van der Waals surface area contributed by atoms with Gasteiger partial charge in [-0.25, -0.2) is 0 Å². The lowest BCUT2D eigenvalue weighted by molar-refractivity contribution is -0.328. The van der Waals surface area contributed by atoms with E-state index in [0.717, 1.165) is 0 Å². The second kappa shape index (κ2) is 5.03. The maximum Gasteiger partial charge on any atom is 0.325 e. The van der Waals surface area contributed by atoms with Crippen molar-refractivity contribution in [3.63, 3.8) is 0 Å². The van der Waals surface area contributed by atoms with Crippen LogP contribution in [-0.4, -0.2) is 39.3 Å². The largest absolute Gasteiger partial charge is 0.480 e. The zero-order valence-electron chi connectivity index (χ0n) is 5.97. The SMILES string of the molecule is NCCCC(C(=O)O)N(O)O. The standard InChI is InChI=1S/C5H12N2O4/c6-3-1-2-4(5(8)9)7(10)11/h4,10-11H,1-3,6H2,(H,8,9). The molecule has 0 saturated carbocycles. The van der Waals surface area contributed by atoms with Gasteiger partial charge >= 0.3 is 5.97 Å². The van der Waals surface area contributed by atoms with Crippen LogP contribution in [0.25, 0.3) is 0 Å². The molecule has 0 aromatic rings. The summed E-state index contributed by atoms with van der Waals surface area (Å²) in [6, 6.07) is -1.28. The van der Waals surface area contributed by atoms with E-state index in [0.29, 0.717) is 13.0 Å². The summed E-state index contributed by atoms with van der Waals surface area (Å²) in [6.45, 7) is 0.331. The monoisotopic (exact) mass is 164 g/mol. The van der Waals surface area contributed by atoms with Crippen LogP contribution in [0.5, 0.6) is 0 Å². The molecule has 1 unspecified atom stereocenters. The predicted octanol–water partition coefficient (Wildman–Crippen LogP) is -0.741. The van der Waals surface area contributed by atoms with Gasteiger partial charge in [0, 0.05) is 0 Å². The van der Waals surface area contributed by atoms with Gasteiger partial charge < -0.3 is 10.8 Å². The number of hydroxylamine groups is 2. The number of nitrogens with zero attached hydrogens (tertiary/aromatic N) is 1. The molecular formula is C5H12N2O4. The summed E-state index contributed by atoms with van der Waals surface area (Å²) in [7, 11) is 0. The fourth-order valence-corrected chi connectivity index (χ4v) is 0.649. The van der Waals surface area contributed by atoms with Gasteiger partial charge in [0.2, 0.25) is 0 Å². The molecule has 6 nitrogen and oxygen atoms in total. The van der Waals surface area contributed by atoms with Crippen LogP contribution < -0.4 is 5.73 Å². The quantitative estimate of drug-likeness (QED) is 0.398. The first-order valence-electron chi connectivity index (χ1n) is 3.19. The second-order valence-corrected chi connectivity index (χ2v) is 2.11. The van der Waals surface area contributed by atoms with Crippen molar-refractivity contribution in [1.29, 1.82) is 0 Å². The lowest BCUT2D eigenvalue weighted by Crippen LogP contribution is -2.36. The summed E-state index contributed by atoms with van der Waals surface area (Å²) in [5, 5.41) is 24.8. The smallest absolute Gasteiger partial charge is 0.325 e. The maximum atomic E-state index is 10.2.